The Morgan fingerprint density at radius 1 is 1.07 bits per heavy atom. The van der Waals surface area contributed by atoms with Crippen molar-refractivity contribution in [2.45, 2.75) is 52.9 Å². The Kier molecular flexibility index (Phi) is 13.9. The minimum absolute atomic E-state index is 0. The summed E-state index contributed by atoms with van der Waals surface area (Å²) in [5, 5.41) is 0. The van der Waals surface area contributed by atoms with Crippen molar-refractivity contribution >= 4 is 35.5 Å². The number of hydrogen-bond donors (Lipinski definition) is 0. The number of esters is 1. The van der Waals surface area contributed by atoms with Crippen molar-refractivity contribution in [3.8, 4) is 0 Å². The second kappa shape index (κ2) is 11.5. The van der Waals surface area contributed by atoms with Crippen molar-refractivity contribution in [2.75, 3.05) is 6.61 Å². The third-order valence-corrected chi connectivity index (χ3v) is 2.06. The van der Waals surface area contributed by atoms with Gasteiger partial charge in [-0.2, -0.15) is 0 Å². The maximum absolute atomic E-state index is 11.5. The molecule has 0 bridgehead atoms. The summed E-state index contributed by atoms with van der Waals surface area (Å²) >= 11 is 0. The molecule has 0 unspecified atom stereocenters. The molecule has 0 aliphatic carbocycles. The zero-order valence-corrected chi connectivity index (χ0v) is 9.14. The Bertz CT molecular complexity index is 131. The Morgan fingerprint density at radius 2 is 1.57 bits per heavy atom. The van der Waals surface area contributed by atoms with E-state index in [1.54, 1.807) is 0 Å². The number of carbonyl (C=O) groups excluding carboxylic acids is 1. The van der Waals surface area contributed by atoms with E-state index >= 15 is 0 Å². The average molecular weight is 210 g/mol. The van der Waals surface area contributed by atoms with E-state index in [1.807, 2.05) is 6.92 Å². The fourth-order valence-electron chi connectivity index (χ4n) is 1.40. The van der Waals surface area contributed by atoms with Crippen LogP contribution in [0.15, 0.2) is 0 Å². The summed E-state index contributed by atoms with van der Waals surface area (Å²) in [6.07, 6.45) is 4.97. The van der Waals surface area contributed by atoms with E-state index in [2.05, 4.69) is 13.8 Å². The minimum atomic E-state index is 0. The van der Waals surface area contributed by atoms with Crippen LogP contribution in [0, 0.1) is 5.92 Å². The zero-order chi connectivity index (χ0) is 10.1. The summed E-state index contributed by atoms with van der Waals surface area (Å²) in [5.74, 6) is 0.145. The fraction of sp³-hybridized carbons (Fsp3) is 0.909. The quantitative estimate of drug-likeness (QED) is 0.476. The zero-order valence-electron chi connectivity index (χ0n) is 9.14. The first-order valence-corrected chi connectivity index (χ1v) is 5.42. The van der Waals surface area contributed by atoms with Crippen LogP contribution in [0.3, 0.4) is 0 Å². The molecule has 0 aliphatic rings. The predicted octanol–water partition coefficient (Wildman–Crippen LogP) is 2.51. The first-order chi connectivity index (χ1) is 6.26. The summed E-state index contributed by atoms with van der Waals surface area (Å²) in [7, 11) is 0. The summed E-state index contributed by atoms with van der Waals surface area (Å²) in [6.45, 7) is 6.80. The standard InChI is InChI=1S/C11H22O2.Na.H/c1-4-7-10(8-5-2)11(12)13-9-6-3;;/h10H,4-9H2,1-3H3;;. The van der Waals surface area contributed by atoms with Crippen LogP contribution in [0.25, 0.3) is 0 Å². The van der Waals surface area contributed by atoms with E-state index in [9.17, 15) is 4.79 Å². The SMILES string of the molecule is CCCOC(=O)C(CCC)CCC.[NaH]. The Morgan fingerprint density at radius 3 is 1.93 bits per heavy atom. The molecule has 0 aliphatic heterocycles. The van der Waals surface area contributed by atoms with Crippen molar-refractivity contribution in [3.63, 3.8) is 0 Å². The van der Waals surface area contributed by atoms with Gasteiger partial charge in [-0.25, -0.2) is 0 Å². The van der Waals surface area contributed by atoms with Crippen molar-refractivity contribution in [3.05, 3.63) is 0 Å². The summed E-state index contributed by atoms with van der Waals surface area (Å²) < 4.78 is 5.12. The molecule has 0 heterocycles. The topological polar surface area (TPSA) is 26.3 Å². The molecular weight excluding hydrogens is 187 g/mol. The van der Waals surface area contributed by atoms with Crippen LogP contribution >= 0.6 is 0 Å². The van der Waals surface area contributed by atoms with Gasteiger partial charge in [-0.15, -0.1) is 0 Å². The number of carbonyl (C=O) groups is 1. The van der Waals surface area contributed by atoms with Gasteiger partial charge in [0.15, 0.2) is 0 Å². The van der Waals surface area contributed by atoms with Gasteiger partial charge in [-0.1, -0.05) is 33.6 Å². The van der Waals surface area contributed by atoms with Crippen LogP contribution in [0.2, 0.25) is 0 Å². The molecule has 0 N–H and O–H groups in total. The number of hydrogen-bond acceptors (Lipinski definition) is 2. The van der Waals surface area contributed by atoms with Gasteiger partial charge in [0.05, 0.1) is 12.5 Å². The van der Waals surface area contributed by atoms with E-state index in [1.165, 1.54) is 0 Å². The van der Waals surface area contributed by atoms with E-state index in [0.29, 0.717) is 6.61 Å². The van der Waals surface area contributed by atoms with Crippen molar-refractivity contribution in [2.24, 2.45) is 5.92 Å². The molecule has 2 nitrogen and oxygen atoms in total. The van der Waals surface area contributed by atoms with Gasteiger partial charge < -0.3 is 4.74 Å². The number of rotatable bonds is 7. The van der Waals surface area contributed by atoms with Gasteiger partial charge in [0.2, 0.25) is 0 Å². The third kappa shape index (κ3) is 7.84. The molecule has 14 heavy (non-hydrogen) atoms. The molecule has 0 aromatic carbocycles. The van der Waals surface area contributed by atoms with Crippen LogP contribution in [-0.2, 0) is 9.53 Å². The molecule has 3 heteroatoms. The van der Waals surface area contributed by atoms with Crippen molar-refractivity contribution in [1.29, 1.82) is 0 Å². The van der Waals surface area contributed by atoms with Gasteiger partial charge in [0.25, 0.3) is 0 Å². The van der Waals surface area contributed by atoms with E-state index in [-0.39, 0.29) is 41.4 Å². The predicted molar refractivity (Wildman–Crippen MR) is 61.7 cm³/mol. The van der Waals surface area contributed by atoms with Gasteiger partial charge in [-0.3, -0.25) is 4.79 Å². The van der Waals surface area contributed by atoms with E-state index in [4.69, 9.17) is 4.74 Å². The monoisotopic (exact) mass is 210 g/mol. The van der Waals surface area contributed by atoms with Crippen LogP contribution in [0.5, 0.6) is 0 Å². The van der Waals surface area contributed by atoms with Crippen molar-refractivity contribution in [1.82, 2.24) is 0 Å². The second-order valence-electron chi connectivity index (χ2n) is 3.44. The molecule has 0 saturated carbocycles. The van der Waals surface area contributed by atoms with E-state index in [0.717, 1.165) is 32.1 Å². The molecule has 0 saturated heterocycles. The molecular formula is C11H23NaO2. The molecule has 0 amide bonds. The molecule has 0 atom stereocenters. The average Bonchev–Trinajstić information content (AvgIpc) is 2.14. The summed E-state index contributed by atoms with van der Waals surface area (Å²) in [4.78, 5) is 11.5. The Labute approximate surface area is 110 Å². The van der Waals surface area contributed by atoms with Crippen LogP contribution in [-0.4, -0.2) is 42.1 Å². The Balaban J connectivity index is 0. The van der Waals surface area contributed by atoms with E-state index < -0.39 is 0 Å². The van der Waals surface area contributed by atoms with Crippen molar-refractivity contribution < 1.29 is 9.53 Å². The van der Waals surface area contributed by atoms with Crippen LogP contribution < -0.4 is 0 Å². The van der Waals surface area contributed by atoms with Gasteiger partial charge in [0, 0.05) is 0 Å². The summed E-state index contributed by atoms with van der Waals surface area (Å²) in [5.41, 5.74) is 0. The first kappa shape index (κ1) is 16.9. The van der Waals surface area contributed by atoms with Gasteiger partial charge >= 0.3 is 35.5 Å². The summed E-state index contributed by atoms with van der Waals surface area (Å²) in [6, 6.07) is 0. The molecule has 0 radical (unpaired) electrons. The van der Waals surface area contributed by atoms with Gasteiger partial charge in [0.1, 0.15) is 0 Å². The fourth-order valence-corrected chi connectivity index (χ4v) is 1.40. The molecule has 0 aromatic heterocycles. The first-order valence-electron chi connectivity index (χ1n) is 5.42. The molecule has 0 spiro atoms. The maximum atomic E-state index is 11.5. The number of ether oxygens (including phenoxy) is 1. The molecule has 80 valence electrons. The second-order valence-corrected chi connectivity index (χ2v) is 3.44. The Hall–Kier alpha value is 0.470. The molecule has 0 rings (SSSR count). The van der Waals surface area contributed by atoms with Gasteiger partial charge in [-0.05, 0) is 19.3 Å². The van der Waals surface area contributed by atoms with Crippen LogP contribution in [0.1, 0.15) is 52.9 Å². The van der Waals surface area contributed by atoms with Crippen LogP contribution in [0.4, 0.5) is 0 Å². The normalized spacial score (nSPS) is 9.71. The third-order valence-electron chi connectivity index (χ3n) is 2.06. The molecule has 0 aromatic rings. The molecule has 0 fully saturated rings.